The molecule has 1 amide bonds. The highest BCUT2D eigenvalue weighted by Crippen LogP contribution is 2.47. The first-order valence-corrected chi connectivity index (χ1v) is 11.4. The molecule has 2 aromatic carbocycles. The Hall–Kier alpha value is -3.88. The van der Waals surface area contributed by atoms with Gasteiger partial charge in [0.05, 0.1) is 35.8 Å². The molecule has 0 aliphatic carbocycles. The van der Waals surface area contributed by atoms with Crippen LogP contribution in [0.15, 0.2) is 77.1 Å². The predicted octanol–water partition coefficient (Wildman–Crippen LogP) is 5.62. The van der Waals surface area contributed by atoms with Crippen molar-refractivity contribution in [3.05, 3.63) is 93.8 Å². The summed E-state index contributed by atoms with van der Waals surface area (Å²) in [5.74, 6) is -3.90. The van der Waals surface area contributed by atoms with Crippen LogP contribution in [0.5, 0.6) is 0 Å². The van der Waals surface area contributed by atoms with E-state index in [0.29, 0.717) is 0 Å². The van der Waals surface area contributed by atoms with Crippen molar-refractivity contribution in [1.29, 1.82) is 0 Å². The molecule has 0 atom stereocenters. The van der Waals surface area contributed by atoms with Gasteiger partial charge in [-0.3, -0.25) is 9.69 Å². The number of ether oxygens (including phenoxy) is 2. The molecule has 3 rings (SSSR count). The van der Waals surface area contributed by atoms with Gasteiger partial charge in [0, 0.05) is 17.0 Å². The zero-order chi connectivity index (χ0) is 26.6. The molecule has 1 aliphatic rings. The molecule has 1 heterocycles. The van der Waals surface area contributed by atoms with Crippen LogP contribution in [0.2, 0.25) is 0 Å². The number of esters is 2. The zero-order valence-electron chi connectivity index (χ0n) is 20.3. The minimum absolute atomic E-state index is 0.0622. The molecule has 9 heteroatoms. The second kappa shape index (κ2) is 10.8. The molecule has 0 fully saturated rings. The maximum Gasteiger partial charge on any atom is 0.416 e. The number of nitrogens with zero attached hydrogens (tertiary/aromatic N) is 1. The fourth-order valence-corrected chi connectivity index (χ4v) is 4.34. The van der Waals surface area contributed by atoms with Crippen molar-refractivity contribution in [2.24, 2.45) is 0 Å². The number of hydrogen-bond acceptors (Lipinski definition) is 5. The second-order valence-corrected chi connectivity index (χ2v) is 7.96. The molecule has 1 aliphatic heterocycles. The Kier molecular flexibility index (Phi) is 8.02. The molecule has 0 saturated carbocycles. The summed E-state index contributed by atoms with van der Waals surface area (Å²) in [5, 5.41) is 0. The van der Waals surface area contributed by atoms with Crippen LogP contribution >= 0.6 is 0 Å². The van der Waals surface area contributed by atoms with Crippen LogP contribution in [-0.2, 0) is 25.2 Å². The Morgan fingerprint density at radius 3 is 1.75 bits per heavy atom. The number of benzene rings is 2. The lowest BCUT2D eigenvalue weighted by atomic mass is 9.77. The summed E-state index contributed by atoms with van der Waals surface area (Å²) in [6.07, 6.45) is -4.77. The lowest BCUT2D eigenvalue weighted by molar-refractivity contribution is -0.142. The van der Waals surface area contributed by atoms with E-state index < -0.39 is 35.5 Å². The largest absolute Gasteiger partial charge is 0.463 e. The van der Waals surface area contributed by atoms with Gasteiger partial charge in [-0.25, -0.2) is 9.59 Å². The summed E-state index contributed by atoms with van der Waals surface area (Å²) in [5.41, 5.74) is -1.43. The third-order valence-corrected chi connectivity index (χ3v) is 5.82. The van der Waals surface area contributed by atoms with Gasteiger partial charge in [-0.1, -0.05) is 36.4 Å². The van der Waals surface area contributed by atoms with E-state index in [1.54, 1.807) is 44.2 Å². The van der Waals surface area contributed by atoms with E-state index in [-0.39, 0.29) is 46.9 Å². The molecule has 2 aromatic rings. The molecule has 0 N–H and O–H groups in total. The summed E-state index contributed by atoms with van der Waals surface area (Å²) in [4.78, 5) is 41.1. The van der Waals surface area contributed by atoms with E-state index in [2.05, 4.69) is 0 Å². The quantitative estimate of drug-likeness (QED) is 0.481. The normalized spacial score (nSPS) is 14.7. The molecular formula is C27H26F3NO5. The van der Waals surface area contributed by atoms with Crippen LogP contribution in [0, 0.1) is 0 Å². The minimum atomic E-state index is -4.77. The van der Waals surface area contributed by atoms with Gasteiger partial charge in [0.2, 0.25) is 0 Å². The molecule has 190 valence electrons. The van der Waals surface area contributed by atoms with Gasteiger partial charge in [0.25, 0.3) is 5.91 Å². The molecule has 6 nitrogen and oxygen atoms in total. The summed E-state index contributed by atoms with van der Waals surface area (Å²) in [7, 11) is 0. The van der Waals surface area contributed by atoms with Gasteiger partial charge in [0.15, 0.2) is 0 Å². The van der Waals surface area contributed by atoms with E-state index in [9.17, 15) is 27.6 Å². The first-order valence-electron chi connectivity index (χ1n) is 11.4. The van der Waals surface area contributed by atoms with Gasteiger partial charge in [0.1, 0.15) is 0 Å². The van der Waals surface area contributed by atoms with Crippen LogP contribution in [0.4, 0.5) is 13.2 Å². The van der Waals surface area contributed by atoms with E-state index in [0.717, 1.165) is 11.0 Å². The Balaban J connectivity index is 2.38. The molecule has 0 unspecified atom stereocenters. The molecule has 0 bridgehead atoms. The summed E-state index contributed by atoms with van der Waals surface area (Å²) in [6, 6.07) is 12.8. The minimum Gasteiger partial charge on any atom is -0.463 e. The van der Waals surface area contributed by atoms with Gasteiger partial charge in [-0.05, 0) is 51.5 Å². The summed E-state index contributed by atoms with van der Waals surface area (Å²) < 4.78 is 52.5. The number of amides is 1. The monoisotopic (exact) mass is 501 g/mol. The van der Waals surface area contributed by atoms with Crippen molar-refractivity contribution in [3.63, 3.8) is 0 Å². The summed E-state index contributed by atoms with van der Waals surface area (Å²) in [6.45, 7) is 5.87. The van der Waals surface area contributed by atoms with E-state index in [1.165, 1.54) is 32.0 Å². The van der Waals surface area contributed by atoms with E-state index in [4.69, 9.17) is 9.47 Å². The van der Waals surface area contributed by atoms with Crippen molar-refractivity contribution in [1.82, 2.24) is 4.90 Å². The maximum absolute atomic E-state index is 14.0. The van der Waals surface area contributed by atoms with Gasteiger partial charge in [-0.15, -0.1) is 0 Å². The highest BCUT2D eigenvalue weighted by Gasteiger charge is 2.45. The third kappa shape index (κ3) is 5.05. The van der Waals surface area contributed by atoms with Crippen LogP contribution in [-0.4, -0.2) is 36.0 Å². The van der Waals surface area contributed by atoms with E-state index >= 15 is 0 Å². The predicted molar refractivity (Wildman–Crippen MR) is 125 cm³/mol. The highest BCUT2D eigenvalue weighted by molar-refractivity contribution is 6.04. The number of hydrogen-bond donors (Lipinski definition) is 0. The number of carbonyl (C=O) groups excluding carboxylic acids is 3. The zero-order valence-corrected chi connectivity index (χ0v) is 20.3. The van der Waals surface area contributed by atoms with Crippen molar-refractivity contribution in [2.75, 3.05) is 13.2 Å². The molecule has 0 saturated heterocycles. The van der Waals surface area contributed by atoms with Crippen molar-refractivity contribution >= 4 is 17.8 Å². The fraction of sp³-hybridized carbons (Fsp3) is 0.296. The Labute approximate surface area is 207 Å². The molecule has 0 radical (unpaired) electrons. The smallest absolute Gasteiger partial charge is 0.416 e. The summed E-state index contributed by atoms with van der Waals surface area (Å²) >= 11 is 0. The van der Waals surface area contributed by atoms with Gasteiger partial charge in [-0.2, -0.15) is 13.2 Å². The average Bonchev–Trinajstić information content (AvgIpc) is 2.83. The number of carbonyl (C=O) groups is 3. The molecule has 0 aromatic heterocycles. The third-order valence-electron chi connectivity index (χ3n) is 5.82. The first kappa shape index (κ1) is 26.7. The lowest BCUT2D eigenvalue weighted by Crippen LogP contribution is -2.39. The number of allylic oxidation sites excluding steroid dienone is 2. The van der Waals surface area contributed by atoms with Crippen LogP contribution in [0.25, 0.3) is 0 Å². The van der Waals surface area contributed by atoms with Crippen LogP contribution in [0.3, 0.4) is 0 Å². The van der Waals surface area contributed by atoms with Crippen LogP contribution in [0.1, 0.15) is 55.1 Å². The van der Waals surface area contributed by atoms with Crippen molar-refractivity contribution in [3.8, 4) is 0 Å². The molecule has 0 spiro atoms. The van der Waals surface area contributed by atoms with Gasteiger partial charge < -0.3 is 9.47 Å². The molecule has 36 heavy (non-hydrogen) atoms. The lowest BCUT2D eigenvalue weighted by Gasteiger charge is -2.37. The average molecular weight is 502 g/mol. The first-order chi connectivity index (χ1) is 17.0. The highest BCUT2D eigenvalue weighted by atomic mass is 19.4. The Bertz CT molecular complexity index is 1190. The maximum atomic E-state index is 14.0. The van der Waals surface area contributed by atoms with E-state index in [1.807, 2.05) is 0 Å². The topological polar surface area (TPSA) is 72.9 Å². The van der Waals surface area contributed by atoms with Crippen LogP contribution < -0.4 is 0 Å². The van der Waals surface area contributed by atoms with Crippen molar-refractivity contribution in [2.45, 2.75) is 39.8 Å². The SMILES string of the molecule is CCOC(=O)C1=C(C)N(C(=O)c2ccccc2)C(C)=C(C(=O)OCC)C1c1ccccc1C(F)(F)F. The van der Waals surface area contributed by atoms with Gasteiger partial charge >= 0.3 is 18.1 Å². The standard InChI is InChI=1S/C27H26F3NO5/c1-5-35-25(33)21-16(3)31(24(32)18-12-8-7-9-13-18)17(4)22(26(34)36-6-2)23(21)19-14-10-11-15-20(19)27(28,29)30/h7-15,23H,5-6H2,1-4H3. The number of alkyl halides is 3. The van der Waals surface area contributed by atoms with Crippen molar-refractivity contribution < 1.29 is 37.0 Å². The number of halogens is 3. The fourth-order valence-electron chi connectivity index (χ4n) is 4.34. The second-order valence-electron chi connectivity index (χ2n) is 7.96. The Morgan fingerprint density at radius 2 is 1.28 bits per heavy atom. The molecular weight excluding hydrogens is 475 g/mol. The number of rotatable bonds is 6. The Morgan fingerprint density at radius 1 is 0.806 bits per heavy atom.